The number of hydrogen-bond donors (Lipinski definition) is 3. The summed E-state index contributed by atoms with van der Waals surface area (Å²) >= 11 is 0. The maximum absolute atomic E-state index is 14.8. The molecule has 0 radical (unpaired) electrons. The fraction of sp³-hybridized carbons (Fsp3) is 0.375. The molecule has 3 N–H and O–H groups in total. The van der Waals surface area contributed by atoms with Gasteiger partial charge in [0.15, 0.2) is 23.2 Å². The fourth-order valence-electron chi connectivity index (χ4n) is 5.72. The van der Waals surface area contributed by atoms with Crippen molar-refractivity contribution in [2.45, 2.75) is 13.0 Å². The normalized spacial score (nSPS) is 17.2. The number of carbonyl (C=O) groups excluding carboxylic acids is 2. The first-order chi connectivity index (χ1) is 22.2. The van der Waals surface area contributed by atoms with E-state index < -0.39 is 11.6 Å². The lowest BCUT2D eigenvalue weighted by Gasteiger charge is -2.40. The second-order valence-corrected chi connectivity index (χ2v) is 11.1. The SMILES string of the molecule is C=C/N=C(/Nc1ccc(C(=O)N2CCN(C(=O)N3CCN[C@@H](CO)C3)CC2)c(C)c1)c1ncc(-c2ccc(OC)c(F)c2F)n1C. The molecular weight excluding hydrogens is 598 g/mol. The molecule has 3 heterocycles. The Hall–Kier alpha value is -4.82. The van der Waals surface area contributed by atoms with Gasteiger partial charge in [0.05, 0.1) is 25.6 Å². The van der Waals surface area contributed by atoms with Crippen molar-refractivity contribution < 1.29 is 28.2 Å². The van der Waals surface area contributed by atoms with Gasteiger partial charge < -0.3 is 39.7 Å². The van der Waals surface area contributed by atoms with Gasteiger partial charge in [0.2, 0.25) is 5.82 Å². The number of piperazine rings is 2. The monoisotopic (exact) mass is 636 g/mol. The molecule has 3 amide bonds. The number of amidine groups is 1. The summed E-state index contributed by atoms with van der Waals surface area (Å²) < 4.78 is 35.7. The highest BCUT2D eigenvalue weighted by Gasteiger charge is 2.30. The summed E-state index contributed by atoms with van der Waals surface area (Å²) in [6.07, 6.45) is 2.77. The number of amides is 3. The van der Waals surface area contributed by atoms with Crippen molar-refractivity contribution in [1.29, 1.82) is 0 Å². The Morgan fingerprint density at radius 3 is 2.54 bits per heavy atom. The average Bonchev–Trinajstić information content (AvgIpc) is 3.45. The highest BCUT2D eigenvalue weighted by molar-refractivity contribution is 6.07. The van der Waals surface area contributed by atoms with Crippen LogP contribution in [0.15, 0.2) is 54.3 Å². The van der Waals surface area contributed by atoms with Crippen LogP contribution in [0.3, 0.4) is 0 Å². The molecule has 46 heavy (non-hydrogen) atoms. The van der Waals surface area contributed by atoms with E-state index in [1.54, 1.807) is 38.4 Å². The Bertz CT molecular complexity index is 1650. The molecule has 0 bridgehead atoms. The zero-order chi connectivity index (χ0) is 33.0. The number of imidazole rings is 1. The Morgan fingerprint density at radius 2 is 1.87 bits per heavy atom. The molecule has 12 nitrogen and oxygen atoms in total. The van der Waals surface area contributed by atoms with Crippen LogP contribution >= 0.6 is 0 Å². The van der Waals surface area contributed by atoms with Gasteiger partial charge in [-0.15, -0.1) is 0 Å². The van der Waals surface area contributed by atoms with Gasteiger partial charge >= 0.3 is 6.03 Å². The number of aromatic nitrogens is 2. The van der Waals surface area contributed by atoms with Crippen LogP contribution in [0, 0.1) is 18.6 Å². The first-order valence-electron chi connectivity index (χ1n) is 14.9. The maximum atomic E-state index is 14.8. The molecule has 2 saturated heterocycles. The van der Waals surface area contributed by atoms with E-state index in [0.717, 1.165) is 5.56 Å². The number of methoxy groups -OCH3 is 1. The predicted molar refractivity (Wildman–Crippen MR) is 170 cm³/mol. The molecule has 5 rings (SSSR count). The molecule has 0 unspecified atom stereocenters. The van der Waals surface area contributed by atoms with Gasteiger partial charge in [0, 0.05) is 81.9 Å². The molecule has 244 valence electrons. The van der Waals surface area contributed by atoms with Crippen LogP contribution in [0.25, 0.3) is 11.3 Å². The van der Waals surface area contributed by atoms with Gasteiger partial charge in [-0.05, 0) is 42.8 Å². The standard InChI is InChI=1S/C32H38F2N8O4/c1-5-35-29(30-37-17-25(39(30)3)24-8-9-26(46-4)28(34)27(24)33)38-21-6-7-23(20(2)16-21)31(44)40-12-14-41(15-13-40)32(45)42-11-10-36-22(18-42)19-43/h5-9,16-17,22,36,43H,1,10-15,18-19H2,2-4H3,(H,35,38)/t22-/m1/s1. The number of nitrogens with zero attached hydrogens (tertiary/aromatic N) is 6. The van der Waals surface area contributed by atoms with Crippen LogP contribution in [0.2, 0.25) is 0 Å². The van der Waals surface area contributed by atoms with Crippen LogP contribution < -0.4 is 15.4 Å². The van der Waals surface area contributed by atoms with Crippen molar-refractivity contribution in [2.24, 2.45) is 12.0 Å². The lowest BCUT2D eigenvalue weighted by atomic mass is 10.1. The minimum atomic E-state index is -1.09. The van der Waals surface area contributed by atoms with Crippen molar-refractivity contribution in [1.82, 2.24) is 29.6 Å². The number of benzene rings is 2. The molecule has 2 fully saturated rings. The van der Waals surface area contributed by atoms with Crippen LogP contribution in [-0.4, -0.2) is 113 Å². The molecule has 2 aliphatic rings. The third kappa shape index (κ3) is 6.58. The summed E-state index contributed by atoms with van der Waals surface area (Å²) in [5, 5.41) is 15.8. The van der Waals surface area contributed by atoms with Gasteiger partial charge in [-0.25, -0.2) is 19.2 Å². The van der Waals surface area contributed by atoms with E-state index >= 15 is 0 Å². The molecule has 2 aromatic carbocycles. The van der Waals surface area contributed by atoms with Crippen molar-refractivity contribution in [3.8, 4) is 17.0 Å². The number of hydrogen-bond acceptors (Lipinski definition) is 7. The summed E-state index contributed by atoms with van der Waals surface area (Å²) in [5.74, 6) is -1.80. The molecule has 3 aromatic rings. The molecule has 14 heteroatoms. The van der Waals surface area contributed by atoms with E-state index in [1.807, 2.05) is 13.0 Å². The average molecular weight is 637 g/mol. The third-order valence-electron chi connectivity index (χ3n) is 8.27. The number of rotatable bonds is 7. The molecule has 0 spiro atoms. The van der Waals surface area contributed by atoms with Gasteiger partial charge in [-0.2, -0.15) is 4.39 Å². The summed E-state index contributed by atoms with van der Waals surface area (Å²) in [5.41, 5.74) is 2.25. The first kappa shape index (κ1) is 32.6. The smallest absolute Gasteiger partial charge is 0.320 e. The number of aliphatic hydroxyl groups excluding tert-OH is 1. The van der Waals surface area contributed by atoms with Crippen molar-refractivity contribution >= 4 is 23.5 Å². The topological polar surface area (TPSA) is 128 Å². The lowest BCUT2D eigenvalue weighted by Crippen LogP contribution is -2.59. The Kier molecular flexibility index (Phi) is 9.97. The minimum absolute atomic E-state index is 0.0144. The molecule has 1 atom stereocenters. The zero-order valence-electron chi connectivity index (χ0n) is 26.1. The number of ether oxygens (including phenoxy) is 1. The molecule has 1 aromatic heterocycles. The molecule has 0 saturated carbocycles. The van der Waals surface area contributed by atoms with E-state index in [0.29, 0.717) is 74.4 Å². The third-order valence-corrected chi connectivity index (χ3v) is 8.27. The lowest BCUT2D eigenvalue weighted by molar-refractivity contribution is 0.0621. The number of halogens is 2. The molecule has 2 aliphatic heterocycles. The second kappa shape index (κ2) is 14.1. The number of aliphatic hydroxyl groups is 1. The molecular formula is C32H38F2N8O4. The van der Waals surface area contributed by atoms with Gasteiger partial charge in [0.25, 0.3) is 5.91 Å². The van der Waals surface area contributed by atoms with Crippen LogP contribution in [0.1, 0.15) is 21.7 Å². The first-order valence-corrected chi connectivity index (χ1v) is 14.9. The van der Waals surface area contributed by atoms with Crippen molar-refractivity contribution in [3.63, 3.8) is 0 Å². The van der Waals surface area contributed by atoms with Crippen molar-refractivity contribution in [3.05, 3.63) is 77.9 Å². The number of carbonyl (C=O) groups is 2. The summed E-state index contributed by atoms with van der Waals surface area (Å²) in [4.78, 5) is 40.4. The van der Waals surface area contributed by atoms with E-state index in [2.05, 4.69) is 27.2 Å². The maximum Gasteiger partial charge on any atom is 0.320 e. The Labute approximate surface area is 266 Å². The number of anilines is 1. The number of nitrogens with one attached hydrogen (secondary N) is 2. The second-order valence-electron chi connectivity index (χ2n) is 11.1. The van der Waals surface area contributed by atoms with Gasteiger partial charge in [0.1, 0.15) is 0 Å². The summed E-state index contributed by atoms with van der Waals surface area (Å²) in [6, 6.07) is 7.88. The van der Waals surface area contributed by atoms with Gasteiger partial charge in [-0.1, -0.05) is 6.58 Å². The predicted octanol–water partition coefficient (Wildman–Crippen LogP) is 2.83. The van der Waals surface area contributed by atoms with E-state index in [1.165, 1.54) is 31.6 Å². The highest BCUT2D eigenvalue weighted by Crippen LogP contribution is 2.30. The van der Waals surface area contributed by atoms with E-state index in [4.69, 9.17) is 4.74 Å². The van der Waals surface area contributed by atoms with Crippen molar-refractivity contribution in [2.75, 3.05) is 64.8 Å². The van der Waals surface area contributed by atoms with Gasteiger partial charge in [-0.3, -0.25) is 4.79 Å². The van der Waals surface area contributed by atoms with Crippen LogP contribution in [-0.2, 0) is 7.05 Å². The van der Waals surface area contributed by atoms with E-state index in [9.17, 15) is 23.5 Å². The minimum Gasteiger partial charge on any atom is -0.494 e. The van der Waals surface area contributed by atoms with Crippen LogP contribution in [0.5, 0.6) is 5.75 Å². The quantitative estimate of drug-likeness (QED) is 0.269. The van der Waals surface area contributed by atoms with Crippen LogP contribution in [0.4, 0.5) is 19.3 Å². The van der Waals surface area contributed by atoms with E-state index in [-0.39, 0.29) is 35.9 Å². The zero-order valence-corrected chi connectivity index (χ0v) is 26.1. The number of aryl methyl sites for hydroxylation is 1. The number of urea groups is 1. The fourth-order valence-corrected chi connectivity index (χ4v) is 5.72. The summed E-state index contributed by atoms with van der Waals surface area (Å²) in [7, 11) is 2.93. The largest absolute Gasteiger partial charge is 0.494 e. The Morgan fingerprint density at radius 1 is 1.13 bits per heavy atom. The Balaban J connectivity index is 1.26. The highest BCUT2D eigenvalue weighted by atomic mass is 19.2. The molecule has 0 aliphatic carbocycles. The number of aliphatic imine (C=N–C) groups is 1. The summed E-state index contributed by atoms with van der Waals surface area (Å²) in [6.45, 7) is 8.84.